The van der Waals surface area contributed by atoms with Crippen LogP contribution < -0.4 is 11.1 Å². The average molecular weight is 256 g/mol. The van der Waals surface area contributed by atoms with Crippen molar-refractivity contribution in [1.82, 2.24) is 15.3 Å². The molecule has 3 N–H and O–H groups in total. The topological polar surface area (TPSA) is 80.9 Å². The number of carbonyl (C=O) groups excluding carboxylic acids is 1. The van der Waals surface area contributed by atoms with E-state index < -0.39 is 0 Å². The van der Waals surface area contributed by atoms with Crippen molar-refractivity contribution >= 4 is 5.91 Å². The van der Waals surface area contributed by atoms with Gasteiger partial charge in [0.1, 0.15) is 0 Å². The lowest BCUT2D eigenvalue weighted by molar-refractivity contribution is 0.0950. The lowest BCUT2D eigenvalue weighted by Crippen LogP contribution is -2.23. The van der Waals surface area contributed by atoms with Crippen molar-refractivity contribution in [3.8, 4) is 0 Å². The van der Waals surface area contributed by atoms with Gasteiger partial charge in [-0.25, -0.2) is 0 Å². The van der Waals surface area contributed by atoms with Crippen molar-refractivity contribution < 1.29 is 4.79 Å². The van der Waals surface area contributed by atoms with E-state index in [0.29, 0.717) is 25.1 Å². The Balaban J connectivity index is 1.98. The fourth-order valence-corrected chi connectivity index (χ4v) is 1.69. The summed E-state index contributed by atoms with van der Waals surface area (Å²) in [6.45, 7) is 1.00. The van der Waals surface area contributed by atoms with E-state index in [1.165, 1.54) is 0 Å². The molecular weight excluding hydrogens is 240 g/mol. The van der Waals surface area contributed by atoms with E-state index >= 15 is 0 Å². The minimum absolute atomic E-state index is 0.113. The largest absolute Gasteiger partial charge is 0.348 e. The van der Waals surface area contributed by atoms with E-state index in [9.17, 15) is 4.79 Å². The molecule has 0 saturated carbocycles. The molecule has 2 heterocycles. The number of rotatable bonds is 5. The zero-order chi connectivity index (χ0) is 13.5. The predicted molar refractivity (Wildman–Crippen MR) is 72.4 cm³/mol. The van der Waals surface area contributed by atoms with Crippen LogP contribution in [0.2, 0.25) is 0 Å². The fourth-order valence-electron chi connectivity index (χ4n) is 1.69. The Kier molecular flexibility index (Phi) is 4.58. The lowest BCUT2D eigenvalue weighted by Gasteiger charge is -2.06. The Labute approximate surface area is 111 Å². The molecule has 0 aliphatic carbocycles. The van der Waals surface area contributed by atoms with Gasteiger partial charge in [0.2, 0.25) is 0 Å². The number of nitrogens with one attached hydrogen (secondary N) is 1. The molecule has 1 amide bonds. The van der Waals surface area contributed by atoms with Gasteiger partial charge in [0.15, 0.2) is 0 Å². The summed E-state index contributed by atoms with van der Waals surface area (Å²) in [5.41, 5.74) is 7.93. The third-order valence-corrected chi connectivity index (χ3v) is 2.68. The maximum absolute atomic E-state index is 12.0. The van der Waals surface area contributed by atoms with Gasteiger partial charge in [-0.1, -0.05) is 0 Å². The molecule has 0 fully saturated rings. The van der Waals surface area contributed by atoms with Crippen LogP contribution in [0, 0.1) is 0 Å². The fraction of sp³-hybridized carbons (Fsp3) is 0.214. The monoisotopic (exact) mass is 256 g/mol. The van der Waals surface area contributed by atoms with Gasteiger partial charge in [-0.2, -0.15) is 0 Å². The summed E-state index contributed by atoms with van der Waals surface area (Å²) in [5.74, 6) is -0.113. The van der Waals surface area contributed by atoms with E-state index in [1.54, 1.807) is 30.7 Å². The molecule has 2 aromatic heterocycles. The summed E-state index contributed by atoms with van der Waals surface area (Å²) in [6.07, 6.45) is 5.71. The van der Waals surface area contributed by atoms with Crippen LogP contribution >= 0.6 is 0 Å². The third-order valence-electron chi connectivity index (χ3n) is 2.68. The molecule has 5 nitrogen and oxygen atoms in total. The highest BCUT2D eigenvalue weighted by atomic mass is 16.1. The number of pyridine rings is 2. The van der Waals surface area contributed by atoms with Gasteiger partial charge < -0.3 is 11.1 Å². The molecule has 0 aliphatic rings. The molecule has 0 unspecified atom stereocenters. The van der Waals surface area contributed by atoms with Gasteiger partial charge in [-0.15, -0.1) is 0 Å². The number of hydrogen-bond acceptors (Lipinski definition) is 4. The van der Waals surface area contributed by atoms with Crippen molar-refractivity contribution in [3.63, 3.8) is 0 Å². The second kappa shape index (κ2) is 6.61. The first kappa shape index (κ1) is 13.2. The Morgan fingerprint density at radius 2 is 2.00 bits per heavy atom. The first-order valence-corrected chi connectivity index (χ1v) is 6.11. The highest BCUT2D eigenvalue weighted by Gasteiger charge is 2.06. The van der Waals surface area contributed by atoms with Crippen molar-refractivity contribution in [3.05, 3.63) is 59.7 Å². The highest BCUT2D eigenvalue weighted by molar-refractivity contribution is 5.94. The molecule has 0 radical (unpaired) electrons. The molecule has 0 aliphatic heterocycles. The summed E-state index contributed by atoms with van der Waals surface area (Å²) in [7, 11) is 0. The molecule has 98 valence electrons. The highest BCUT2D eigenvalue weighted by Crippen LogP contribution is 2.03. The number of carbonyl (C=O) groups is 1. The number of aromatic nitrogens is 2. The van der Waals surface area contributed by atoms with Crippen molar-refractivity contribution in [2.75, 3.05) is 6.54 Å². The van der Waals surface area contributed by atoms with Crippen LogP contribution in [-0.4, -0.2) is 22.4 Å². The molecule has 0 spiro atoms. The maximum Gasteiger partial charge on any atom is 0.251 e. The molecule has 2 aromatic rings. The molecule has 19 heavy (non-hydrogen) atoms. The number of amides is 1. The standard InChI is InChI=1S/C14H16N4O/c15-5-1-13-9-12(4-8-17-13)14(19)18-10-11-2-6-16-7-3-11/h2-4,6-9H,1,5,10,15H2,(H,18,19). The van der Waals surface area contributed by atoms with Gasteiger partial charge in [0, 0.05) is 42.8 Å². The van der Waals surface area contributed by atoms with Gasteiger partial charge in [0.25, 0.3) is 5.91 Å². The third kappa shape index (κ3) is 3.86. The zero-order valence-electron chi connectivity index (χ0n) is 10.5. The minimum atomic E-state index is -0.113. The molecule has 0 aromatic carbocycles. The predicted octanol–water partition coefficient (Wildman–Crippen LogP) is 0.908. The number of nitrogens with zero attached hydrogens (tertiary/aromatic N) is 2. The molecule has 0 saturated heterocycles. The van der Waals surface area contributed by atoms with Gasteiger partial charge >= 0.3 is 0 Å². The Morgan fingerprint density at radius 1 is 1.21 bits per heavy atom. The Bertz CT molecular complexity index is 542. The zero-order valence-corrected chi connectivity index (χ0v) is 10.5. The lowest BCUT2D eigenvalue weighted by atomic mass is 10.2. The molecular formula is C14H16N4O. The smallest absolute Gasteiger partial charge is 0.251 e. The van der Waals surface area contributed by atoms with E-state index in [4.69, 9.17) is 5.73 Å². The maximum atomic E-state index is 12.0. The Morgan fingerprint density at radius 3 is 2.74 bits per heavy atom. The van der Waals surface area contributed by atoms with E-state index in [-0.39, 0.29) is 5.91 Å². The van der Waals surface area contributed by atoms with Gasteiger partial charge in [0.05, 0.1) is 0 Å². The minimum Gasteiger partial charge on any atom is -0.348 e. The molecule has 0 atom stereocenters. The number of nitrogens with two attached hydrogens (primary N) is 1. The van der Waals surface area contributed by atoms with Crippen LogP contribution in [0.15, 0.2) is 42.9 Å². The SMILES string of the molecule is NCCc1cc(C(=O)NCc2ccncc2)ccn1. The van der Waals surface area contributed by atoms with Crippen molar-refractivity contribution in [2.24, 2.45) is 5.73 Å². The summed E-state index contributed by atoms with van der Waals surface area (Å²) >= 11 is 0. The van der Waals surface area contributed by atoms with Crippen LogP contribution in [0.25, 0.3) is 0 Å². The second-order valence-corrected chi connectivity index (χ2v) is 4.11. The Hall–Kier alpha value is -2.27. The van der Waals surface area contributed by atoms with Gasteiger partial charge in [-0.3, -0.25) is 14.8 Å². The van der Waals surface area contributed by atoms with Crippen LogP contribution in [0.3, 0.4) is 0 Å². The summed E-state index contributed by atoms with van der Waals surface area (Å²) in [5, 5.41) is 2.86. The van der Waals surface area contributed by atoms with Crippen LogP contribution in [0.4, 0.5) is 0 Å². The van der Waals surface area contributed by atoms with Crippen molar-refractivity contribution in [2.45, 2.75) is 13.0 Å². The normalized spacial score (nSPS) is 10.2. The van der Waals surface area contributed by atoms with E-state index in [2.05, 4.69) is 15.3 Å². The number of hydrogen-bond donors (Lipinski definition) is 2. The second-order valence-electron chi connectivity index (χ2n) is 4.11. The quantitative estimate of drug-likeness (QED) is 0.833. The summed E-state index contributed by atoms with van der Waals surface area (Å²) < 4.78 is 0. The van der Waals surface area contributed by atoms with Crippen LogP contribution in [0.5, 0.6) is 0 Å². The molecule has 5 heteroatoms. The average Bonchev–Trinajstić information content (AvgIpc) is 2.46. The summed E-state index contributed by atoms with van der Waals surface area (Å²) in [6, 6.07) is 7.20. The van der Waals surface area contributed by atoms with E-state index in [0.717, 1.165) is 11.3 Å². The first-order chi connectivity index (χ1) is 9.29. The summed E-state index contributed by atoms with van der Waals surface area (Å²) in [4.78, 5) is 20.1. The molecule has 0 bridgehead atoms. The van der Waals surface area contributed by atoms with E-state index in [1.807, 2.05) is 12.1 Å². The first-order valence-electron chi connectivity index (χ1n) is 6.11. The van der Waals surface area contributed by atoms with Crippen LogP contribution in [0.1, 0.15) is 21.6 Å². The molecule has 2 rings (SSSR count). The van der Waals surface area contributed by atoms with Crippen LogP contribution in [-0.2, 0) is 13.0 Å². The van der Waals surface area contributed by atoms with Crippen molar-refractivity contribution in [1.29, 1.82) is 0 Å². The van der Waals surface area contributed by atoms with Gasteiger partial charge in [-0.05, 0) is 36.4 Å².